The first kappa shape index (κ1) is 13.6. The van der Waals surface area contributed by atoms with Crippen LogP contribution in [0.2, 0.25) is 0 Å². The number of amides is 1. The Hall–Kier alpha value is -1.39. The number of carbonyl (C=O) groups excluding carboxylic acids is 1. The second-order valence-electron chi connectivity index (χ2n) is 4.96. The summed E-state index contributed by atoms with van der Waals surface area (Å²) in [4.78, 5) is 14.5. The van der Waals surface area contributed by atoms with Crippen LogP contribution in [-0.4, -0.2) is 21.7 Å². The van der Waals surface area contributed by atoms with Gasteiger partial charge >= 0.3 is 0 Å². The zero-order valence-electron chi connectivity index (χ0n) is 11.1. The number of hydrogen-bond acceptors (Lipinski definition) is 3. The maximum absolute atomic E-state index is 12.2. The van der Waals surface area contributed by atoms with Crippen molar-refractivity contribution in [3.8, 4) is 0 Å². The molecule has 0 N–H and O–H groups in total. The van der Waals surface area contributed by atoms with Gasteiger partial charge in [-0.1, -0.05) is 48.3 Å². The summed E-state index contributed by atoms with van der Waals surface area (Å²) in [5.74, 6) is -0.0135. The van der Waals surface area contributed by atoms with E-state index in [1.807, 2.05) is 6.08 Å². The van der Waals surface area contributed by atoms with Crippen molar-refractivity contribution in [1.82, 2.24) is 4.90 Å². The summed E-state index contributed by atoms with van der Waals surface area (Å²) in [6.45, 7) is 4.14. The SMILES string of the molecule is C=CCN1C(=O)/C(=C\c2ccc3c(c2)CCC3)SC1=S. The molecule has 1 amide bonds. The molecule has 1 aliphatic carbocycles. The topological polar surface area (TPSA) is 20.3 Å². The third-order valence-corrected chi connectivity index (χ3v) is 4.98. The Labute approximate surface area is 128 Å². The van der Waals surface area contributed by atoms with Crippen LogP contribution in [0.5, 0.6) is 0 Å². The van der Waals surface area contributed by atoms with Gasteiger partial charge in [0.05, 0.1) is 4.91 Å². The maximum atomic E-state index is 12.2. The van der Waals surface area contributed by atoms with E-state index in [9.17, 15) is 4.79 Å². The molecule has 3 rings (SSSR count). The maximum Gasteiger partial charge on any atom is 0.266 e. The Morgan fingerprint density at radius 2 is 2.15 bits per heavy atom. The molecule has 0 aromatic heterocycles. The first-order valence-electron chi connectivity index (χ1n) is 6.67. The summed E-state index contributed by atoms with van der Waals surface area (Å²) in [6, 6.07) is 6.46. The molecule has 2 nitrogen and oxygen atoms in total. The van der Waals surface area contributed by atoms with E-state index in [0.717, 1.165) is 12.0 Å². The fourth-order valence-electron chi connectivity index (χ4n) is 2.62. The van der Waals surface area contributed by atoms with Gasteiger partial charge in [0.25, 0.3) is 5.91 Å². The van der Waals surface area contributed by atoms with Crippen LogP contribution in [0, 0.1) is 0 Å². The minimum absolute atomic E-state index is 0.0135. The number of hydrogen-bond donors (Lipinski definition) is 0. The first-order valence-corrected chi connectivity index (χ1v) is 7.89. The number of thioether (sulfide) groups is 1. The van der Waals surface area contributed by atoms with Crippen molar-refractivity contribution in [3.63, 3.8) is 0 Å². The van der Waals surface area contributed by atoms with Crippen molar-refractivity contribution < 1.29 is 4.79 Å². The van der Waals surface area contributed by atoms with Gasteiger partial charge in [-0.15, -0.1) is 6.58 Å². The third kappa shape index (κ3) is 2.45. The van der Waals surface area contributed by atoms with Gasteiger partial charge < -0.3 is 0 Å². The molecule has 1 fully saturated rings. The van der Waals surface area contributed by atoms with Gasteiger partial charge in [-0.05, 0) is 42.0 Å². The van der Waals surface area contributed by atoms with E-state index in [4.69, 9.17) is 12.2 Å². The van der Waals surface area contributed by atoms with Gasteiger partial charge in [0, 0.05) is 6.54 Å². The van der Waals surface area contributed by atoms with Gasteiger partial charge in [0.15, 0.2) is 0 Å². The molecule has 2 aliphatic rings. The number of carbonyl (C=O) groups is 1. The van der Waals surface area contributed by atoms with Gasteiger partial charge in [-0.2, -0.15) is 0 Å². The standard InChI is InChI=1S/C16H15NOS2/c1-2-8-17-15(18)14(20-16(17)19)10-11-6-7-12-4-3-5-13(12)9-11/h2,6-7,9-10H,1,3-5,8H2/b14-10+. The number of thiocarbonyl (C=S) groups is 1. The fourth-order valence-corrected chi connectivity index (χ4v) is 3.89. The summed E-state index contributed by atoms with van der Waals surface area (Å²) >= 11 is 6.61. The summed E-state index contributed by atoms with van der Waals surface area (Å²) < 4.78 is 0.613. The summed E-state index contributed by atoms with van der Waals surface area (Å²) in [5.41, 5.74) is 3.95. The van der Waals surface area contributed by atoms with Gasteiger partial charge in [0.2, 0.25) is 0 Å². The van der Waals surface area contributed by atoms with Gasteiger partial charge in [-0.25, -0.2) is 0 Å². The number of fused-ring (bicyclic) bond motifs is 1. The van der Waals surface area contributed by atoms with Crippen molar-refractivity contribution >= 4 is 40.3 Å². The van der Waals surface area contributed by atoms with Crippen molar-refractivity contribution in [2.24, 2.45) is 0 Å². The second-order valence-corrected chi connectivity index (χ2v) is 6.64. The predicted octanol–water partition coefficient (Wildman–Crippen LogP) is 3.56. The number of rotatable bonds is 3. The highest BCUT2D eigenvalue weighted by Crippen LogP contribution is 2.33. The van der Waals surface area contributed by atoms with E-state index in [-0.39, 0.29) is 5.91 Å². The molecule has 0 radical (unpaired) electrons. The lowest BCUT2D eigenvalue weighted by molar-refractivity contribution is -0.121. The van der Waals surface area contributed by atoms with Crippen LogP contribution in [-0.2, 0) is 17.6 Å². The monoisotopic (exact) mass is 301 g/mol. The Kier molecular flexibility index (Phi) is 3.76. The van der Waals surface area contributed by atoms with Crippen LogP contribution in [0.15, 0.2) is 35.8 Å². The zero-order chi connectivity index (χ0) is 14.1. The van der Waals surface area contributed by atoms with Crippen molar-refractivity contribution in [3.05, 3.63) is 52.4 Å². The molecule has 0 spiro atoms. The average Bonchev–Trinajstić information content (AvgIpc) is 2.99. The number of benzene rings is 1. The van der Waals surface area contributed by atoms with Crippen LogP contribution in [0.4, 0.5) is 0 Å². The lowest BCUT2D eigenvalue weighted by Gasteiger charge is -2.10. The molecule has 0 atom stereocenters. The van der Waals surface area contributed by atoms with Gasteiger partial charge in [0.1, 0.15) is 4.32 Å². The van der Waals surface area contributed by atoms with Crippen LogP contribution in [0.3, 0.4) is 0 Å². The molecule has 1 heterocycles. The molecule has 4 heteroatoms. The van der Waals surface area contributed by atoms with Gasteiger partial charge in [-0.3, -0.25) is 9.69 Å². The van der Waals surface area contributed by atoms with Crippen LogP contribution in [0.1, 0.15) is 23.1 Å². The van der Waals surface area contributed by atoms with E-state index >= 15 is 0 Å². The molecule has 1 aliphatic heterocycles. The molecule has 102 valence electrons. The molecule has 1 aromatic carbocycles. The third-order valence-electron chi connectivity index (χ3n) is 3.61. The van der Waals surface area contributed by atoms with Crippen LogP contribution >= 0.6 is 24.0 Å². The molecule has 0 unspecified atom stereocenters. The lowest BCUT2D eigenvalue weighted by atomic mass is 10.1. The molecule has 1 aromatic rings. The fraction of sp³-hybridized carbons (Fsp3) is 0.250. The largest absolute Gasteiger partial charge is 0.289 e. The Bertz CT molecular complexity index is 633. The number of aryl methyl sites for hydroxylation is 2. The molecule has 1 saturated heterocycles. The van der Waals surface area contributed by atoms with E-state index in [1.54, 1.807) is 11.0 Å². The van der Waals surface area contributed by atoms with E-state index < -0.39 is 0 Å². The quantitative estimate of drug-likeness (QED) is 0.484. The molecule has 0 bridgehead atoms. The second kappa shape index (κ2) is 5.54. The Morgan fingerprint density at radius 1 is 1.35 bits per heavy atom. The zero-order valence-corrected chi connectivity index (χ0v) is 12.7. The summed E-state index contributed by atoms with van der Waals surface area (Å²) in [7, 11) is 0. The highest BCUT2D eigenvalue weighted by molar-refractivity contribution is 8.26. The van der Waals surface area contributed by atoms with Crippen molar-refractivity contribution in [2.75, 3.05) is 6.54 Å². The predicted molar refractivity (Wildman–Crippen MR) is 88.5 cm³/mol. The van der Waals surface area contributed by atoms with Crippen molar-refractivity contribution in [2.45, 2.75) is 19.3 Å². The van der Waals surface area contributed by atoms with Crippen molar-refractivity contribution in [1.29, 1.82) is 0 Å². The highest BCUT2D eigenvalue weighted by Gasteiger charge is 2.30. The lowest BCUT2D eigenvalue weighted by Crippen LogP contribution is -2.27. The molecular formula is C16H15NOS2. The smallest absolute Gasteiger partial charge is 0.266 e. The first-order chi connectivity index (χ1) is 9.69. The number of nitrogens with zero attached hydrogens (tertiary/aromatic N) is 1. The van der Waals surface area contributed by atoms with E-state index in [0.29, 0.717) is 15.8 Å². The summed E-state index contributed by atoms with van der Waals surface area (Å²) in [6.07, 6.45) is 7.20. The Balaban J connectivity index is 1.87. The highest BCUT2D eigenvalue weighted by atomic mass is 32.2. The Morgan fingerprint density at radius 3 is 2.95 bits per heavy atom. The average molecular weight is 301 g/mol. The molecular weight excluding hydrogens is 286 g/mol. The minimum atomic E-state index is -0.0135. The summed E-state index contributed by atoms with van der Waals surface area (Å²) in [5, 5.41) is 0. The molecule has 20 heavy (non-hydrogen) atoms. The normalized spacial score (nSPS) is 19.8. The van der Waals surface area contributed by atoms with E-state index in [2.05, 4.69) is 24.8 Å². The van der Waals surface area contributed by atoms with Crippen LogP contribution < -0.4 is 0 Å². The minimum Gasteiger partial charge on any atom is -0.289 e. The van der Waals surface area contributed by atoms with E-state index in [1.165, 1.54) is 35.7 Å². The molecule has 0 saturated carbocycles. The van der Waals surface area contributed by atoms with Crippen LogP contribution in [0.25, 0.3) is 6.08 Å².